The monoisotopic (exact) mass is 524 g/mol. The van der Waals surface area contributed by atoms with E-state index in [0.29, 0.717) is 5.75 Å². The van der Waals surface area contributed by atoms with Crippen molar-refractivity contribution in [2.24, 2.45) is 5.10 Å². The second-order valence-corrected chi connectivity index (χ2v) is 8.62. The number of halogens is 2. The fourth-order valence-electron chi connectivity index (χ4n) is 3.40. The van der Waals surface area contributed by atoms with Gasteiger partial charge in [-0.25, -0.2) is 5.43 Å². The number of hydrazone groups is 1. The first-order valence-corrected chi connectivity index (χ1v) is 10.9. The molecule has 1 N–H and O–H groups in total. The van der Waals surface area contributed by atoms with E-state index in [1.54, 1.807) is 6.21 Å². The van der Waals surface area contributed by atoms with Gasteiger partial charge in [0.1, 0.15) is 5.75 Å². The van der Waals surface area contributed by atoms with Crippen LogP contribution >= 0.6 is 31.9 Å². The van der Waals surface area contributed by atoms with Crippen molar-refractivity contribution >= 4 is 65.5 Å². The number of carbonyl (C=O) groups excluding carboxylic acids is 1. The minimum atomic E-state index is -0.329. The molecule has 0 bridgehead atoms. The van der Waals surface area contributed by atoms with E-state index in [2.05, 4.69) is 72.7 Å². The molecule has 0 unspecified atom stereocenters. The van der Waals surface area contributed by atoms with Gasteiger partial charge < -0.3 is 4.74 Å². The maximum Gasteiger partial charge on any atom is 0.277 e. The lowest BCUT2D eigenvalue weighted by Gasteiger charge is -2.11. The highest BCUT2D eigenvalue weighted by atomic mass is 79.9. The number of nitrogens with one attached hydrogen (secondary N) is 1. The Balaban J connectivity index is 1.52. The molecule has 0 aliphatic rings. The lowest BCUT2D eigenvalue weighted by atomic mass is 9.97. The molecular formula is C24H18Br2N2O2. The first-order valence-electron chi connectivity index (χ1n) is 9.34. The third-order valence-corrected chi connectivity index (χ3v) is 5.78. The molecule has 30 heavy (non-hydrogen) atoms. The molecule has 0 saturated heterocycles. The lowest BCUT2D eigenvalue weighted by Crippen LogP contribution is -2.24. The second kappa shape index (κ2) is 8.98. The van der Waals surface area contributed by atoms with Gasteiger partial charge >= 0.3 is 0 Å². The highest BCUT2D eigenvalue weighted by Gasteiger charge is 2.10. The molecule has 0 aliphatic heterocycles. The summed E-state index contributed by atoms with van der Waals surface area (Å²) in [6.07, 6.45) is 1.70. The number of carbonyl (C=O) groups is 1. The molecule has 1 amide bonds. The molecule has 6 heteroatoms. The van der Waals surface area contributed by atoms with Gasteiger partial charge in [0.2, 0.25) is 0 Å². The minimum Gasteiger partial charge on any atom is -0.482 e. The summed E-state index contributed by atoms with van der Waals surface area (Å²) < 4.78 is 7.40. The molecule has 4 nitrogen and oxygen atoms in total. The first-order chi connectivity index (χ1) is 14.5. The van der Waals surface area contributed by atoms with E-state index in [0.717, 1.165) is 41.6 Å². The Morgan fingerprint density at radius 3 is 2.27 bits per heavy atom. The third kappa shape index (κ3) is 4.40. The Labute approximate surface area is 191 Å². The smallest absolute Gasteiger partial charge is 0.277 e. The van der Waals surface area contributed by atoms with Crippen LogP contribution in [0, 0.1) is 6.92 Å². The van der Waals surface area contributed by atoms with Crippen LogP contribution in [0.5, 0.6) is 5.75 Å². The number of ether oxygens (including phenoxy) is 1. The Morgan fingerprint density at radius 1 is 1.00 bits per heavy atom. The van der Waals surface area contributed by atoms with Crippen LogP contribution in [0.1, 0.15) is 11.1 Å². The Kier molecular flexibility index (Phi) is 6.16. The van der Waals surface area contributed by atoms with Crippen molar-refractivity contribution in [1.29, 1.82) is 0 Å². The van der Waals surface area contributed by atoms with Crippen molar-refractivity contribution in [3.8, 4) is 5.75 Å². The summed E-state index contributed by atoms with van der Waals surface area (Å²) in [5.41, 5.74) is 4.46. The van der Waals surface area contributed by atoms with Gasteiger partial charge in [-0.2, -0.15) is 5.10 Å². The van der Waals surface area contributed by atoms with Gasteiger partial charge in [0, 0.05) is 10.0 Å². The number of aryl methyl sites for hydroxylation is 1. The lowest BCUT2D eigenvalue weighted by molar-refractivity contribution is -0.123. The van der Waals surface area contributed by atoms with E-state index in [4.69, 9.17) is 4.74 Å². The zero-order valence-electron chi connectivity index (χ0n) is 16.2. The number of benzene rings is 4. The van der Waals surface area contributed by atoms with E-state index >= 15 is 0 Å². The first kappa shape index (κ1) is 20.6. The van der Waals surface area contributed by atoms with Crippen LogP contribution in [0.2, 0.25) is 0 Å². The Bertz CT molecular complexity index is 1210. The number of fused-ring (bicyclic) bond motifs is 2. The molecule has 4 rings (SSSR count). The maximum atomic E-state index is 12.2. The van der Waals surface area contributed by atoms with Crippen LogP contribution in [-0.4, -0.2) is 18.7 Å². The summed E-state index contributed by atoms with van der Waals surface area (Å²) in [5.74, 6) is 0.308. The van der Waals surface area contributed by atoms with Gasteiger partial charge in [-0.1, -0.05) is 64.5 Å². The average Bonchev–Trinajstić information content (AvgIpc) is 2.72. The van der Waals surface area contributed by atoms with E-state index in [-0.39, 0.29) is 12.5 Å². The van der Waals surface area contributed by atoms with Crippen molar-refractivity contribution in [3.05, 3.63) is 86.8 Å². The van der Waals surface area contributed by atoms with Gasteiger partial charge in [0.05, 0.1) is 10.7 Å². The fraction of sp³-hybridized carbons (Fsp3) is 0.0833. The van der Waals surface area contributed by atoms with Gasteiger partial charge in [-0.05, 0) is 68.2 Å². The normalized spacial score (nSPS) is 11.3. The van der Waals surface area contributed by atoms with Crippen molar-refractivity contribution in [2.75, 3.05) is 6.61 Å². The summed E-state index contributed by atoms with van der Waals surface area (Å²) >= 11 is 6.89. The summed E-state index contributed by atoms with van der Waals surface area (Å²) in [5, 5.41) is 8.61. The van der Waals surface area contributed by atoms with Crippen molar-refractivity contribution in [3.63, 3.8) is 0 Å². The second-order valence-electron chi connectivity index (χ2n) is 6.85. The molecule has 0 fully saturated rings. The molecule has 0 radical (unpaired) electrons. The predicted molar refractivity (Wildman–Crippen MR) is 129 cm³/mol. The van der Waals surface area contributed by atoms with Crippen LogP contribution in [0.4, 0.5) is 0 Å². The maximum absolute atomic E-state index is 12.2. The van der Waals surface area contributed by atoms with Crippen LogP contribution in [0.25, 0.3) is 21.5 Å². The number of rotatable bonds is 5. The predicted octanol–water partition coefficient (Wildman–Crippen LogP) is 6.36. The molecule has 0 atom stereocenters. The highest BCUT2D eigenvalue weighted by Crippen LogP contribution is 2.32. The van der Waals surface area contributed by atoms with E-state index in [1.807, 2.05) is 43.3 Å². The molecule has 0 saturated carbocycles. The van der Waals surface area contributed by atoms with Crippen LogP contribution in [-0.2, 0) is 4.79 Å². The molecule has 150 valence electrons. The minimum absolute atomic E-state index is 0.130. The standard InChI is InChI=1S/C24H18Br2N2O2/c1-15-10-18(25)12-22(26)24(15)30-14-23(29)28-27-13-21-19-8-4-2-6-16(19)11-17-7-3-5-9-20(17)21/h2-13H,14H2,1H3,(H,28,29)/b27-13+. The van der Waals surface area contributed by atoms with Crippen LogP contribution < -0.4 is 10.2 Å². The topological polar surface area (TPSA) is 50.7 Å². The fourth-order valence-corrected chi connectivity index (χ4v) is 4.95. The van der Waals surface area contributed by atoms with Gasteiger partial charge in [-0.3, -0.25) is 4.79 Å². The summed E-state index contributed by atoms with van der Waals surface area (Å²) in [4.78, 5) is 12.2. The van der Waals surface area contributed by atoms with Crippen molar-refractivity contribution in [2.45, 2.75) is 6.92 Å². The van der Waals surface area contributed by atoms with Crippen LogP contribution in [0.3, 0.4) is 0 Å². The van der Waals surface area contributed by atoms with Crippen molar-refractivity contribution < 1.29 is 9.53 Å². The van der Waals surface area contributed by atoms with E-state index < -0.39 is 0 Å². The van der Waals surface area contributed by atoms with Gasteiger partial charge in [0.25, 0.3) is 5.91 Å². The number of nitrogens with zero attached hydrogens (tertiary/aromatic N) is 1. The van der Waals surface area contributed by atoms with Gasteiger partial charge in [0.15, 0.2) is 6.61 Å². The molecule has 0 aromatic heterocycles. The summed E-state index contributed by atoms with van der Waals surface area (Å²) in [6, 6.07) is 22.3. The van der Waals surface area contributed by atoms with Crippen molar-refractivity contribution in [1.82, 2.24) is 5.43 Å². The summed E-state index contributed by atoms with van der Waals surface area (Å²) in [7, 11) is 0. The zero-order chi connectivity index (χ0) is 21.1. The van der Waals surface area contributed by atoms with E-state index in [1.165, 1.54) is 0 Å². The largest absolute Gasteiger partial charge is 0.482 e. The Morgan fingerprint density at radius 2 is 1.63 bits per heavy atom. The zero-order valence-corrected chi connectivity index (χ0v) is 19.3. The molecular weight excluding hydrogens is 508 g/mol. The van der Waals surface area contributed by atoms with Crippen LogP contribution in [0.15, 0.2) is 80.8 Å². The summed E-state index contributed by atoms with van der Waals surface area (Å²) in [6.45, 7) is 1.79. The SMILES string of the molecule is Cc1cc(Br)cc(Br)c1OCC(=O)N/N=C/c1c2ccccc2cc2ccccc12. The molecule has 4 aromatic rings. The quantitative estimate of drug-likeness (QED) is 0.187. The molecule has 0 aliphatic carbocycles. The Hall–Kier alpha value is -2.70. The third-order valence-electron chi connectivity index (χ3n) is 4.74. The highest BCUT2D eigenvalue weighted by molar-refractivity contribution is 9.11. The average molecular weight is 526 g/mol. The number of hydrogen-bond donors (Lipinski definition) is 1. The number of amides is 1. The molecule has 4 aromatic carbocycles. The van der Waals surface area contributed by atoms with E-state index in [9.17, 15) is 4.79 Å². The molecule has 0 spiro atoms. The van der Waals surface area contributed by atoms with Gasteiger partial charge in [-0.15, -0.1) is 0 Å². The molecule has 0 heterocycles. The number of hydrogen-bond acceptors (Lipinski definition) is 3.